The summed E-state index contributed by atoms with van der Waals surface area (Å²) in [6.07, 6.45) is 2.44. The lowest BCUT2D eigenvalue weighted by molar-refractivity contribution is -0.139. The van der Waals surface area contributed by atoms with E-state index in [1.54, 1.807) is 36.4 Å². The van der Waals surface area contributed by atoms with E-state index in [0.717, 1.165) is 4.90 Å². The van der Waals surface area contributed by atoms with E-state index >= 15 is 0 Å². The molecule has 1 fully saturated rings. The van der Waals surface area contributed by atoms with Crippen molar-refractivity contribution >= 4 is 23.4 Å². The van der Waals surface area contributed by atoms with Gasteiger partial charge in [-0.3, -0.25) is 14.4 Å². The van der Waals surface area contributed by atoms with E-state index in [1.165, 1.54) is 11.2 Å². The third kappa shape index (κ3) is 4.08. The molecule has 0 bridgehead atoms. The highest BCUT2D eigenvalue weighted by molar-refractivity contribution is 6.23. The minimum atomic E-state index is -0.830. The topological polar surface area (TPSA) is 80.1 Å². The molecular formula is C21H24N2O5. The molecule has 1 aromatic carbocycles. The van der Waals surface area contributed by atoms with Gasteiger partial charge in [-0.2, -0.15) is 0 Å². The number of carbonyl (C=O) groups excluding carboxylic acids is 3. The molecule has 2 aromatic rings. The summed E-state index contributed by atoms with van der Waals surface area (Å²) in [5, 5.41) is 0. The van der Waals surface area contributed by atoms with Crippen LogP contribution in [0, 0.1) is 0 Å². The molecule has 1 atom stereocenters. The van der Waals surface area contributed by atoms with Crippen LogP contribution in [0.2, 0.25) is 0 Å². The van der Waals surface area contributed by atoms with E-state index in [1.807, 2.05) is 13.8 Å². The third-order valence-corrected chi connectivity index (χ3v) is 4.60. The summed E-state index contributed by atoms with van der Waals surface area (Å²) < 4.78 is 10.7. The van der Waals surface area contributed by atoms with Crippen LogP contribution in [-0.4, -0.2) is 35.3 Å². The minimum absolute atomic E-state index is 0.0395. The molecule has 0 aliphatic carbocycles. The number of amides is 3. The van der Waals surface area contributed by atoms with Crippen LogP contribution in [-0.2, 0) is 20.9 Å². The van der Waals surface area contributed by atoms with Gasteiger partial charge in [0.25, 0.3) is 5.91 Å². The molecule has 0 N–H and O–H groups in total. The first-order chi connectivity index (χ1) is 13.5. The summed E-state index contributed by atoms with van der Waals surface area (Å²) in [6, 6.07) is 9.43. The molecule has 0 spiro atoms. The fourth-order valence-corrected chi connectivity index (χ4v) is 3.29. The van der Waals surface area contributed by atoms with Crippen molar-refractivity contribution in [3.05, 3.63) is 48.4 Å². The number of benzene rings is 1. The number of hydrogen-bond donors (Lipinski definition) is 0. The molecule has 7 heteroatoms. The van der Waals surface area contributed by atoms with Gasteiger partial charge in [0.2, 0.25) is 11.8 Å². The van der Waals surface area contributed by atoms with Gasteiger partial charge >= 0.3 is 0 Å². The highest BCUT2D eigenvalue weighted by atomic mass is 16.5. The maximum Gasteiger partial charge on any atom is 0.257 e. The van der Waals surface area contributed by atoms with Gasteiger partial charge in [0.15, 0.2) is 0 Å². The molecular weight excluding hydrogens is 360 g/mol. The van der Waals surface area contributed by atoms with Crippen molar-refractivity contribution < 1.29 is 23.5 Å². The summed E-state index contributed by atoms with van der Waals surface area (Å²) in [5.41, 5.74) is 0.474. The van der Waals surface area contributed by atoms with E-state index in [9.17, 15) is 14.4 Å². The molecule has 2 heterocycles. The molecule has 1 aromatic heterocycles. The first-order valence-corrected chi connectivity index (χ1v) is 9.46. The lowest BCUT2D eigenvalue weighted by Gasteiger charge is -2.26. The Bertz CT molecular complexity index is 829. The van der Waals surface area contributed by atoms with Crippen LogP contribution >= 0.6 is 0 Å². The summed E-state index contributed by atoms with van der Waals surface area (Å²) in [4.78, 5) is 40.9. The van der Waals surface area contributed by atoms with E-state index in [4.69, 9.17) is 9.15 Å². The normalized spacial score (nSPS) is 16.5. The lowest BCUT2D eigenvalue weighted by Crippen LogP contribution is -2.45. The molecule has 1 saturated heterocycles. The van der Waals surface area contributed by atoms with E-state index in [-0.39, 0.29) is 24.8 Å². The zero-order chi connectivity index (χ0) is 20.1. The monoisotopic (exact) mass is 384 g/mol. The van der Waals surface area contributed by atoms with Crippen molar-refractivity contribution in [1.82, 2.24) is 4.90 Å². The van der Waals surface area contributed by atoms with Crippen LogP contribution in [0.5, 0.6) is 5.75 Å². The van der Waals surface area contributed by atoms with Gasteiger partial charge in [0.1, 0.15) is 17.6 Å². The van der Waals surface area contributed by atoms with Crippen LogP contribution in [0.15, 0.2) is 47.1 Å². The maximum absolute atomic E-state index is 13.1. The van der Waals surface area contributed by atoms with Crippen LogP contribution in [0.4, 0.5) is 5.69 Å². The molecule has 1 aliphatic heterocycles. The predicted molar refractivity (Wildman–Crippen MR) is 103 cm³/mol. The second-order valence-electron chi connectivity index (χ2n) is 6.57. The number of imide groups is 1. The summed E-state index contributed by atoms with van der Waals surface area (Å²) >= 11 is 0. The Balaban J connectivity index is 1.83. The summed E-state index contributed by atoms with van der Waals surface area (Å²) in [6.45, 7) is 4.47. The second-order valence-corrected chi connectivity index (χ2v) is 6.57. The molecule has 0 radical (unpaired) electrons. The zero-order valence-electron chi connectivity index (χ0n) is 16.1. The number of ether oxygens (including phenoxy) is 1. The Morgan fingerprint density at radius 2 is 1.96 bits per heavy atom. The van der Waals surface area contributed by atoms with Crippen molar-refractivity contribution in [3.8, 4) is 5.75 Å². The zero-order valence-corrected chi connectivity index (χ0v) is 16.1. The Morgan fingerprint density at radius 3 is 2.57 bits per heavy atom. The highest BCUT2D eigenvalue weighted by Gasteiger charge is 2.44. The number of anilines is 1. The fraction of sp³-hybridized carbons (Fsp3) is 0.381. The van der Waals surface area contributed by atoms with Crippen molar-refractivity contribution in [2.24, 2.45) is 0 Å². The van der Waals surface area contributed by atoms with E-state index < -0.39 is 11.9 Å². The molecule has 3 rings (SSSR count). The minimum Gasteiger partial charge on any atom is -0.494 e. The van der Waals surface area contributed by atoms with Crippen molar-refractivity contribution in [2.75, 3.05) is 11.5 Å². The highest BCUT2D eigenvalue weighted by Crippen LogP contribution is 2.28. The first-order valence-electron chi connectivity index (χ1n) is 9.46. The lowest BCUT2D eigenvalue weighted by atomic mass is 10.1. The Labute approximate surface area is 163 Å². The second kappa shape index (κ2) is 8.73. The van der Waals surface area contributed by atoms with Crippen molar-refractivity contribution in [3.63, 3.8) is 0 Å². The van der Waals surface area contributed by atoms with Crippen LogP contribution in [0.1, 0.15) is 38.9 Å². The van der Waals surface area contributed by atoms with Gasteiger partial charge in [0.05, 0.1) is 31.5 Å². The number of rotatable bonds is 8. The van der Waals surface area contributed by atoms with Gasteiger partial charge in [-0.25, -0.2) is 4.90 Å². The Morgan fingerprint density at radius 1 is 1.21 bits per heavy atom. The van der Waals surface area contributed by atoms with Crippen molar-refractivity contribution in [2.45, 2.75) is 45.7 Å². The molecule has 0 saturated carbocycles. The van der Waals surface area contributed by atoms with E-state index in [2.05, 4.69) is 0 Å². The van der Waals surface area contributed by atoms with Gasteiger partial charge in [-0.05, 0) is 49.7 Å². The quantitative estimate of drug-likeness (QED) is 0.653. The number of carbonyl (C=O) groups is 3. The van der Waals surface area contributed by atoms with Gasteiger partial charge in [0, 0.05) is 6.42 Å². The first kappa shape index (κ1) is 19.7. The third-order valence-electron chi connectivity index (χ3n) is 4.60. The fourth-order valence-electron chi connectivity index (χ4n) is 3.29. The van der Waals surface area contributed by atoms with Crippen molar-refractivity contribution in [1.29, 1.82) is 0 Å². The molecule has 3 amide bonds. The molecule has 7 nitrogen and oxygen atoms in total. The summed E-state index contributed by atoms with van der Waals surface area (Å²) in [7, 11) is 0. The maximum atomic E-state index is 13.1. The molecule has 1 aliphatic rings. The number of furan rings is 1. The molecule has 1 unspecified atom stereocenters. The average Bonchev–Trinajstić information content (AvgIpc) is 3.29. The van der Waals surface area contributed by atoms with Gasteiger partial charge in [-0.1, -0.05) is 6.92 Å². The Hall–Kier alpha value is -3.09. The van der Waals surface area contributed by atoms with Crippen LogP contribution in [0.3, 0.4) is 0 Å². The van der Waals surface area contributed by atoms with E-state index in [0.29, 0.717) is 36.6 Å². The average molecular weight is 384 g/mol. The van der Waals surface area contributed by atoms with Crippen LogP contribution < -0.4 is 9.64 Å². The number of hydrogen-bond acceptors (Lipinski definition) is 5. The Kier molecular flexibility index (Phi) is 6.13. The number of nitrogens with zero attached hydrogens (tertiary/aromatic N) is 2. The molecule has 28 heavy (non-hydrogen) atoms. The SMILES string of the molecule is CCCC(=O)N(Cc1ccco1)C1CC(=O)N(c2ccc(OCC)cc2)C1=O. The van der Waals surface area contributed by atoms with Gasteiger partial charge < -0.3 is 14.1 Å². The predicted octanol–water partition coefficient (Wildman–Crippen LogP) is 3.14. The largest absolute Gasteiger partial charge is 0.494 e. The van der Waals surface area contributed by atoms with Crippen LogP contribution in [0.25, 0.3) is 0 Å². The standard InChI is InChI=1S/C21H24N2O5/c1-3-6-19(24)22(14-17-7-5-12-28-17)18-13-20(25)23(21(18)26)15-8-10-16(11-9-15)27-4-2/h5,7-12,18H,3-4,6,13-14H2,1-2H3. The van der Waals surface area contributed by atoms with Gasteiger partial charge in [-0.15, -0.1) is 0 Å². The molecule has 148 valence electrons. The summed E-state index contributed by atoms with van der Waals surface area (Å²) in [5.74, 6) is 0.348. The smallest absolute Gasteiger partial charge is 0.257 e.